The van der Waals surface area contributed by atoms with E-state index in [2.05, 4.69) is 30.3 Å². The van der Waals surface area contributed by atoms with Crippen LogP contribution in [0.25, 0.3) is 0 Å². The third kappa shape index (κ3) is 7.43. The van der Waals surface area contributed by atoms with Gasteiger partial charge in [0, 0.05) is 26.3 Å². The topological polar surface area (TPSA) is 84.2 Å². The van der Waals surface area contributed by atoms with E-state index in [0.29, 0.717) is 26.7 Å². The SMILES string of the molecule is CCN(C)C=Nc1cc(Br)c(Oc2cccc(S(C)(=O)=NC(=O)CC(C)C)c2)nc1C. The van der Waals surface area contributed by atoms with Crippen molar-refractivity contribution in [2.45, 2.75) is 39.0 Å². The first-order valence-corrected chi connectivity index (χ1v) is 12.7. The Hall–Kier alpha value is -2.26. The van der Waals surface area contributed by atoms with Gasteiger partial charge in [-0.25, -0.2) is 14.2 Å². The number of hydrogen-bond acceptors (Lipinski definition) is 5. The quantitative estimate of drug-likeness (QED) is 0.342. The van der Waals surface area contributed by atoms with Crippen LogP contribution in [-0.4, -0.2) is 46.2 Å². The molecule has 0 fully saturated rings. The number of benzene rings is 1. The van der Waals surface area contributed by atoms with Crippen LogP contribution in [0.2, 0.25) is 0 Å². The summed E-state index contributed by atoms with van der Waals surface area (Å²) in [5, 5.41) is 0. The molecule has 1 amide bonds. The van der Waals surface area contributed by atoms with Crippen LogP contribution in [0.15, 0.2) is 49.1 Å². The number of carbonyl (C=O) groups excluding carboxylic acids is 1. The van der Waals surface area contributed by atoms with Crippen molar-refractivity contribution in [1.29, 1.82) is 0 Å². The van der Waals surface area contributed by atoms with E-state index in [-0.39, 0.29) is 18.2 Å². The van der Waals surface area contributed by atoms with E-state index in [1.807, 2.05) is 45.7 Å². The summed E-state index contributed by atoms with van der Waals surface area (Å²) >= 11 is 3.48. The van der Waals surface area contributed by atoms with E-state index in [1.54, 1.807) is 30.6 Å². The van der Waals surface area contributed by atoms with E-state index >= 15 is 0 Å². The number of pyridine rings is 1. The maximum atomic E-state index is 13.0. The van der Waals surface area contributed by atoms with Crippen molar-refractivity contribution in [3.63, 3.8) is 0 Å². The number of halogens is 1. The zero-order chi connectivity index (χ0) is 23.2. The summed E-state index contributed by atoms with van der Waals surface area (Å²) in [6.45, 7) is 8.59. The summed E-state index contributed by atoms with van der Waals surface area (Å²) in [5.74, 6) is 0.613. The molecule has 0 saturated carbocycles. The van der Waals surface area contributed by atoms with Crippen LogP contribution in [0.1, 0.15) is 32.9 Å². The predicted octanol–water partition coefficient (Wildman–Crippen LogP) is 5.59. The molecular weight excluding hydrogens is 480 g/mol. The third-order valence-electron chi connectivity index (χ3n) is 4.32. The van der Waals surface area contributed by atoms with Crippen LogP contribution in [0.3, 0.4) is 0 Å². The van der Waals surface area contributed by atoms with Crippen molar-refractivity contribution < 1.29 is 13.7 Å². The van der Waals surface area contributed by atoms with E-state index in [1.165, 1.54) is 6.26 Å². The molecule has 2 rings (SSSR count). The Labute approximate surface area is 193 Å². The zero-order valence-corrected chi connectivity index (χ0v) is 21.2. The minimum absolute atomic E-state index is 0.155. The normalized spacial score (nSPS) is 13.3. The standard InChI is InChI=1S/C22H29BrN4O3S/c1-7-27(5)14-24-20-13-19(23)22(25-16(20)4)30-17-9-8-10-18(12-17)31(6,29)26-21(28)11-15(2)3/h8-10,12-15H,7,11H2,1-6H3. The molecule has 1 aromatic carbocycles. The highest BCUT2D eigenvalue weighted by molar-refractivity contribution is 9.10. The molecule has 0 aliphatic rings. The smallest absolute Gasteiger partial charge is 0.254 e. The van der Waals surface area contributed by atoms with Gasteiger partial charge in [0.05, 0.1) is 36.8 Å². The Bertz CT molecular complexity index is 1090. The van der Waals surface area contributed by atoms with Gasteiger partial charge in [-0.05, 0) is 60.0 Å². The molecule has 0 spiro atoms. The summed E-state index contributed by atoms with van der Waals surface area (Å²) in [6, 6.07) is 8.60. The van der Waals surface area contributed by atoms with E-state index < -0.39 is 9.73 Å². The highest BCUT2D eigenvalue weighted by Gasteiger charge is 2.14. The van der Waals surface area contributed by atoms with Gasteiger partial charge in [0.25, 0.3) is 5.91 Å². The monoisotopic (exact) mass is 508 g/mol. The molecule has 168 valence electrons. The number of aromatic nitrogens is 1. The first-order valence-electron chi connectivity index (χ1n) is 9.96. The number of amides is 1. The van der Waals surface area contributed by atoms with Crippen LogP contribution in [-0.2, 0) is 14.5 Å². The number of nitrogens with zero attached hydrogens (tertiary/aromatic N) is 4. The van der Waals surface area contributed by atoms with E-state index in [4.69, 9.17) is 4.74 Å². The average Bonchev–Trinajstić information content (AvgIpc) is 2.68. The van der Waals surface area contributed by atoms with Crippen molar-refractivity contribution in [3.8, 4) is 11.6 Å². The number of ether oxygens (including phenoxy) is 1. The van der Waals surface area contributed by atoms with Gasteiger partial charge in [0.15, 0.2) is 0 Å². The lowest BCUT2D eigenvalue weighted by Gasteiger charge is -2.12. The largest absolute Gasteiger partial charge is 0.438 e. The van der Waals surface area contributed by atoms with Gasteiger partial charge >= 0.3 is 0 Å². The Morgan fingerprint density at radius 2 is 2.06 bits per heavy atom. The molecule has 2 aromatic rings. The lowest BCUT2D eigenvalue weighted by atomic mass is 10.1. The fourth-order valence-electron chi connectivity index (χ4n) is 2.51. The molecule has 0 radical (unpaired) electrons. The fourth-order valence-corrected chi connectivity index (χ4v) is 4.13. The summed E-state index contributed by atoms with van der Waals surface area (Å²) in [6.07, 6.45) is 3.48. The molecule has 1 heterocycles. The molecule has 31 heavy (non-hydrogen) atoms. The molecular formula is C22H29BrN4O3S. The Balaban J connectivity index is 2.30. The molecule has 1 atom stereocenters. The maximum absolute atomic E-state index is 13.0. The van der Waals surface area contributed by atoms with Crippen molar-refractivity contribution in [2.24, 2.45) is 15.3 Å². The molecule has 1 unspecified atom stereocenters. The lowest BCUT2D eigenvalue weighted by Crippen LogP contribution is -2.14. The van der Waals surface area contributed by atoms with Gasteiger partial charge in [-0.1, -0.05) is 19.9 Å². The first kappa shape index (κ1) is 25.0. The molecule has 0 bridgehead atoms. The molecule has 0 saturated heterocycles. The lowest BCUT2D eigenvalue weighted by molar-refractivity contribution is -0.118. The summed E-state index contributed by atoms with van der Waals surface area (Å²) in [5.41, 5.74) is 1.44. The third-order valence-corrected chi connectivity index (χ3v) is 6.57. The van der Waals surface area contributed by atoms with Crippen LogP contribution in [0.5, 0.6) is 11.6 Å². The second kappa shape index (κ2) is 10.9. The van der Waals surface area contributed by atoms with Gasteiger partial charge in [0.1, 0.15) is 5.75 Å². The summed E-state index contributed by atoms with van der Waals surface area (Å²) in [4.78, 5) is 23.4. The van der Waals surface area contributed by atoms with Gasteiger partial charge < -0.3 is 9.64 Å². The predicted molar refractivity (Wildman–Crippen MR) is 129 cm³/mol. The molecule has 1 aromatic heterocycles. The summed E-state index contributed by atoms with van der Waals surface area (Å²) in [7, 11) is -0.929. The van der Waals surface area contributed by atoms with Crippen molar-refractivity contribution in [2.75, 3.05) is 19.8 Å². The van der Waals surface area contributed by atoms with Gasteiger partial charge in [0.2, 0.25) is 5.88 Å². The molecule has 9 heteroatoms. The van der Waals surface area contributed by atoms with Crippen LogP contribution in [0, 0.1) is 12.8 Å². The van der Waals surface area contributed by atoms with Crippen molar-refractivity contribution >= 4 is 43.6 Å². The average molecular weight is 509 g/mol. The van der Waals surface area contributed by atoms with Gasteiger partial charge in [-0.15, -0.1) is 0 Å². The molecule has 7 nitrogen and oxygen atoms in total. The second-order valence-corrected chi connectivity index (χ2v) is 10.8. The molecule has 0 aliphatic carbocycles. The van der Waals surface area contributed by atoms with Crippen LogP contribution in [0.4, 0.5) is 5.69 Å². The summed E-state index contributed by atoms with van der Waals surface area (Å²) < 4.78 is 23.5. The number of aryl methyl sites for hydroxylation is 1. The van der Waals surface area contributed by atoms with Crippen molar-refractivity contribution in [1.82, 2.24) is 9.88 Å². The van der Waals surface area contributed by atoms with E-state index in [9.17, 15) is 9.00 Å². The minimum Gasteiger partial charge on any atom is -0.438 e. The van der Waals surface area contributed by atoms with Crippen LogP contribution >= 0.6 is 15.9 Å². The molecule has 0 aliphatic heterocycles. The molecule has 0 N–H and O–H groups in total. The number of carbonyl (C=O) groups is 1. The Kier molecular flexibility index (Phi) is 8.76. The van der Waals surface area contributed by atoms with Gasteiger partial charge in [-0.2, -0.15) is 4.36 Å². The zero-order valence-electron chi connectivity index (χ0n) is 18.8. The fraction of sp³-hybridized carbons (Fsp3) is 0.409. The van der Waals surface area contributed by atoms with E-state index in [0.717, 1.165) is 12.2 Å². The number of aliphatic imine (C=N–C) groups is 1. The van der Waals surface area contributed by atoms with Gasteiger partial charge in [-0.3, -0.25) is 4.79 Å². The highest BCUT2D eigenvalue weighted by atomic mass is 79.9. The van der Waals surface area contributed by atoms with Crippen molar-refractivity contribution in [3.05, 3.63) is 40.5 Å². The first-order chi connectivity index (χ1) is 14.5. The number of rotatable bonds is 8. The Morgan fingerprint density at radius 1 is 1.35 bits per heavy atom. The second-order valence-electron chi connectivity index (χ2n) is 7.66. The Morgan fingerprint density at radius 3 is 2.71 bits per heavy atom. The van der Waals surface area contributed by atoms with Crippen LogP contribution < -0.4 is 4.74 Å². The minimum atomic E-state index is -2.87. The number of hydrogen-bond donors (Lipinski definition) is 0. The maximum Gasteiger partial charge on any atom is 0.254 e. The highest BCUT2D eigenvalue weighted by Crippen LogP contribution is 2.33.